The van der Waals surface area contributed by atoms with Gasteiger partial charge in [0.05, 0.1) is 11.3 Å². The molecule has 2 aromatic carbocycles. The van der Waals surface area contributed by atoms with Gasteiger partial charge in [0.2, 0.25) is 5.91 Å². The fourth-order valence-electron chi connectivity index (χ4n) is 4.68. The van der Waals surface area contributed by atoms with Crippen LogP contribution in [-0.4, -0.2) is 47.8 Å². The summed E-state index contributed by atoms with van der Waals surface area (Å²) in [6.45, 7) is 3.62. The van der Waals surface area contributed by atoms with E-state index >= 15 is 0 Å². The van der Waals surface area contributed by atoms with Crippen molar-refractivity contribution in [2.75, 3.05) is 31.5 Å². The minimum Gasteiger partial charge on any atom is -0.339 e. The predicted molar refractivity (Wildman–Crippen MR) is 124 cm³/mol. The number of carbonyl (C=O) groups excluding carboxylic acids is 2. The van der Waals surface area contributed by atoms with E-state index in [0.717, 1.165) is 64.7 Å². The zero-order chi connectivity index (χ0) is 22.3. The number of rotatable bonds is 5. The first-order valence-corrected chi connectivity index (χ1v) is 11.8. The van der Waals surface area contributed by atoms with Gasteiger partial charge in [-0.2, -0.15) is 0 Å². The summed E-state index contributed by atoms with van der Waals surface area (Å²) in [5.41, 5.74) is 1.86. The lowest BCUT2D eigenvalue weighted by atomic mass is 9.95. The van der Waals surface area contributed by atoms with E-state index in [1.54, 1.807) is 12.1 Å². The lowest BCUT2D eigenvalue weighted by Gasteiger charge is -2.31. The summed E-state index contributed by atoms with van der Waals surface area (Å²) in [5, 5.41) is 3.02. The van der Waals surface area contributed by atoms with E-state index < -0.39 is 0 Å². The van der Waals surface area contributed by atoms with Crippen LogP contribution in [0.1, 0.15) is 54.4 Å². The van der Waals surface area contributed by atoms with Crippen molar-refractivity contribution < 1.29 is 14.0 Å². The highest BCUT2D eigenvalue weighted by atomic mass is 19.1. The summed E-state index contributed by atoms with van der Waals surface area (Å²) >= 11 is 0. The Bertz CT molecular complexity index is 932. The molecule has 0 bridgehead atoms. The van der Waals surface area contributed by atoms with Crippen LogP contribution in [0.3, 0.4) is 0 Å². The SMILES string of the molecule is O=C(Nc1ccccc1C(=O)N1CCCCCC1)C1CCN(Cc2ccccc2F)CC1. The Balaban J connectivity index is 1.34. The number of halogens is 1. The molecule has 2 amide bonds. The molecule has 0 aromatic heterocycles. The van der Waals surface area contributed by atoms with Gasteiger partial charge >= 0.3 is 0 Å². The van der Waals surface area contributed by atoms with Gasteiger partial charge in [0.25, 0.3) is 5.91 Å². The summed E-state index contributed by atoms with van der Waals surface area (Å²) in [7, 11) is 0. The number of nitrogens with one attached hydrogen (secondary N) is 1. The molecule has 6 heteroatoms. The van der Waals surface area contributed by atoms with E-state index in [4.69, 9.17) is 0 Å². The smallest absolute Gasteiger partial charge is 0.255 e. The van der Waals surface area contributed by atoms with Gasteiger partial charge in [-0.25, -0.2) is 4.39 Å². The monoisotopic (exact) mass is 437 g/mol. The average molecular weight is 438 g/mol. The Labute approximate surface area is 189 Å². The molecule has 2 fully saturated rings. The zero-order valence-electron chi connectivity index (χ0n) is 18.6. The third-order valence-electron chi connectivity index (χ3n) is 6.62. The molecule has 0 unspecified atom stereocenters. The average Bonchev–Trinajstić information content (AvgIpc) is 3.11. The molecule has 0 aliphatic carbocycles. The highest BCUT2D eigenvalue weighted by Crippen LogP contribution is 2.24. The summed E-state index contributed by atoms with van der Waals surface area (Å²) in [6.07, 6.45) is 5.85. The quantitative estimate of drug-likeness (QED) is 0.738. The normalized spacial score (nSPS) is 18.2. The van der Waals surface area contributed by atoms with Crippen molar-refractivity contribution in [3.05, 3.63) is 65.5 Å². The van der Waals surface area contributed by atoms with Crippen LogP contribution in [0.4, 0.5) is 10.1 Å². The number of hydrogen-bond donors (Lipinski definition) is 1. The summed E-state index contributed by atoms with van der Waals surface area (Å²) in [5.74, 6) is -0.319. The second-order valence-electron chi connectivity index (χ2n) is 8.88. The molecule has 2 aliphatic heterocycles. The molecule has 0 radical (unpaired) electrons. The van der Waals surface area contributed by atoms with Crippen LogP contribution in [0, 0.1) is 11.7 Å². The second-order valence-corrected chi connectivity index (χ2v) is 8.88. The Morgan fingerprint density at radius 2 is 1.53 bits per heavy atom. The van der Waals surface area contributed by atoms with Crippen LogP contribution in [0.15, 0.2) is 48.5 Å². The van der Waals surface area contributed by atoms with Gasteiger partial charge in [-0.05, 0) is 57.0 Å². The van der Waals surface area contributed by atoms with Crippen LogP contribution < -0.4 is 5.32 Å². The first-order chi connectivity index (χ1) is 15.6. The highest BCUT2D eigenvalue weighted by molar-refractivity contribution is 6.04. The third kappa shape index (κ3) is 5.54. The Morgan fingerprint density at radius 1 is 0.875 bits per heavy atom. The van der Waals surface area contributed by atoms with E-state index in [9.17, 15) is 14.0 Å². The molecule has 2 aromatic rings. The molecule has 0 saturated carbocycles. The zero-order valence-corrected chi connectivity index (χ0v) is 18.6. The molecule has 1 N–H and O–H groups in total. The molecule has 4 rings (SSSR count). The lowest BCUT2D eigenvalue weighted by Crippen LogP contribution is -2.38. The number of anilines is 1. The highest BCUT2D eigenvalue weighted by Gasteiger charge is 2.27. The molecule has 32 heavy (non-hydrogen) atoms. The minimum absolute atomic E-state index is 0.00232. The molecular formula is C26H32FN3O2. The summed E-state index contributed by atoms with van der Waals surface area (Å²) in [4.78, 5) is 30.2. The number of nitrogens with zero attached hydrogens (tertiary/aromatic N) is 2. The van der Waals surface area contributed by atoms with Gasteiger partial charge in [-0.3, -0.25) is 14.5 Å². The molecule has 170 valence electrons. The van der Waals surface area contributed by atoms with Gasteiger partial charge < -0.3 is 10.2 Å². The summed E-state index contributed by atoms with van der Waals surface area (Å²) in [6, 6.07) is 14.2. The van der Waals surface area contributed by atoms with E-state index in [-0.39, 0.29) is 23.5 Å². The molecule has 2 aliphatic rings. The van der Waals surface area contributed by atoms with Crippen LogP contribution in [0.5, 0.6) is 0 Å². The van der Waals surface area contributed by atoms with Gasteiger partial charge in [-0.15, -0.1) is 0 Å². The maximum Gasteiger partial charge on any atom is 0.255 e. The number of piperidine rings is 1. The van der Waals surface area contributed by atoms with E-state index in [1.807, 2.05) is 35.2 Å². The number of para-hydroxylation sites is 1. The Morgan fingerprint density at radius 3 is 2.25 bits per heavy atom. The minimum atomic E-state index is -0.182. The summed E-state index contributed by atoms with van der Waals surface area (Å²) < 4.78 is 13.9. The van der Waals surface area contributed by atoms with Gasteiger partial charge in [-0.1, -0.05) is 43.2 Å². The topological polar surface area (TPSA) is 52.7 Å². The fraction of sp³-hybridized carbons (Fsp3) is 0.462. The van der Waals surface area contributed by atoms with Crippen molar-refractivity contribution in [1.82, 2.24) is 9.80 Å². The number of hydrogen-bond acceptors (Lipinski definition) is 3. The van der Waals surface area contributed by atoms with Gasteiger partial charge in [0, 0.05) is 31.1 Å². The van der Waals surface area contributed by atoms with Gasteiger partial charge in [0.1, 0.15) is 5.82 Å². The number of likely N-dealkylation sites (tertiary alicyclic amines) is 2. The predicted octanol–water partition coefficient (Wildman–Crippen LogP) is 4.69. The fourth-order valence-corrected chi connectivity index (χ4v) is 4.68. The van der Waals surface area contributed by atoms with Crippen LogP contribution in [0.2, 0.25) is 0 Å². The van der Waals surface area contributed by atoms with Crippen molar-refractivity contribution in [3.63, 3.8) is 0 Å². The lowest BCUT2D eigenvalue weighted by molar-refractivity contribution is -0.121. The standard InChI is InChI=1S/C26H32FN3O2/c27-23-11-5-3-9-21(23)19-29-17-13-20(14-18-29)25(31)28-24-12-6-4-10-22(24)26(32)30-15-7-1-2-8-16-30/h3-6,9-12,20H,1-2,7-8,13-19H2,(H,28,31). The Hall–Kier alpha value is -2.73. The first kappa shape index (κ1) is 22.5. The van der Waals surface area contributed by atoms with Crippen LogP contribution in [0.25, 0.3) is 0 Å². The second kappa shape index (κ2) is 10.7. The maximum atomic E-state index is 13.9. The van der Waals surface area contributed by atoms with Crippen molar-refractivity contribution in [2.45, 2.75) is 45.1 Å². The van der Waals surface area contributed by atoms with E-state index in [2.05, 4.69) is 10.2 Å². The van der Waals surface area contributed by atoms with Crippen LogP contribution in [-0.2, 0) is 11.3 Å². The molecular weight excluding hydrogens is 405 g/mol. The van der Waals surface area contributed by atoms with Crippen molar-refractivity contribution in [3.8, 4) is 0 Å². The van der Waals surface area contributed by atoms with Crippen molar-refractivity contribution >= 4 is 17.5 Å². The van der Waals surface area contributed by atoms with Gasteiger partial charge in [0.15, 0.2) is 0 Å². The van der Waals surface area contributed by atoms with E-state index in [0.29, 0.717) is 23.4 Å². The Kier molecular flexibility index (Phi) is 7.53. The van der Waals surface area contributed by atoms with Crippen molar-refractivity contribution in [1.29, 1.82) is 0 Å². The van der Waals surface area contributed by atoms with Crippen molar-refractivity contribution in [2.24, 2.45) is 5.92 Å². The number of benzene rings is 2. The molecule has 2 saturated heterocycles. The van der Waals surface area contributed by atoms with Crippen LogP contribution >= 0.6 is 0 Å². The first-order valence-electron chi connectivity index (χ1n) is 11.8. The molecule has 0 spiro atoms. The number of carbonyl (C=O) groups is 2. The molecule has 5 nitrogen and oxygen atoms in total. The molecule has 0 atom stereocenters. The maximum absolute atomic E-state index is 13.9. The molecule has 2 heterocycles. The number of amides is 2. The largest absolute Gasteiger partial charge is 0.339 e. The van der Waals surface area contributed by atoms with E-state index in [1.165, 1.54) is 6.07 Å². The third-order valence-corrected chi connectivity index (χ3v) is 6.62.